The first-order valence-electron chi connectivity index (χ1n) is 9.44. The molecule has 0 aliphatic carbocycles. The summed E-state index contributed by atoms with van der Waals surface area (Å²) in [6.07, 6.45) is -0.269. The van der Waals surface area contributed by atoms with Crippen LogP contribution in [0.5, 0.6) is 23.0 Å². The fourth-order valence-corrected chi connectivity index (χ4v) is 2.84. The van der Waals surface area contributed by atoms with Crippen LogP contribution in [0.3, 0.4) is 0 Å². The third-order valence-corrected chi connectivity index (χ3v) is 4.54. The molecule has 0 heterocycles. The molecule has 0 aliphatic heterocycles. The maximum atomic E-state index is 12.4. The van der Waals surface area contributed by atoms with Gasteiger partial charge in [0.15, 0.2) is 0 Å². The van der Waals surface area contributed by atoms with E-state index in [9.17, 15) is 19.2 Å². The van der Waals surface area contributed by atoms with E-state index in [1.165, 1.54) is 52.7 Å². The van der Waals surface area contributed by atoms with Crippen LogP contribution >= 0.6 is 0 Å². The molecule has 8 heteroatoms. The zero-order valence-corrected chi connectivity index (χ0v) is 17.9. The molecule has 0 saturated heterocycles. The van der Waals surface area contributed by atoms with Gasteiger partial charge in [-0.1, -0.05) is 0 Å². The van der Waals surface area contributed by atoms with Crippen LogP contribution in [-0.4, -0.2) is 51.6 Å². The van der Waals surface area contributed by atoms with Gasteiger partial charge in [0.1, 0.15) is 23.0 Å². The van der Waals surface area contributed by atoms with Gasteiger partial charge in [-0.25, -0.2) is 0 Å². The number of rotatable bonds is 12. The minimum absolute atomic E-state index is 0.0668. The van der Waals surface area contributed by atoms with Gasteiger partial charge in [-0.05, 0) is 30.7 Å². The summed E-state index contributed by atoms with van der Waals surface area (Å²) in [4.78, 5) is 49.4. The summed E-state index contributed by atoms with van der Waals surface area (Å²) in [5, 5.41) is 0. The number of carbonyl (C=O) groups is 4. The Morgan fingerprint density at radius 2 is 0.839 bits per heavy atom. The molecule has 0 aromatic heterocycles. The van der Waals surface area contributed by atoms with Crippen LogP contribution in [0.25, 0.3) is 0 Å². The van der Waals surface area contributed by atoms with Crippen molar-refractivity contribution in [3.8, 4) is 23.0 Å². The summed E-state index contributed by atoms with van der Waals surface area (Å²) in [5.41, 5.74) is 0.263. The smallest absolute Gasteiger partial charge is 0.228 e. The molecular formula is C23H24O8. The van der Waals surface area contributed by atoms with Crippen molar-refractivity contribution in [1.29, 1.82) is 0 Å². The van der Waals surface area contributed by atoms with Crippen molar-refractivity contribution in [2.75, 3.05) is 28.4 Å². The highest BCUT2D eigenvalue weighted by atomic mass is 16.5. The first-order chi connectivity index (χ1) is 14.8. The van der Waals surface area contributed by atoms with E-state index in [2.05, 4.69) is 0 Å². The minimum Gasteiger partial charge on any atom is -0.497 e. The minimum atomic E-state index is -0.714. The molecule has 31 heavy (non-hydrogen) atoms. The predicted octanol–water partition coefficient (Wildman–Crippen LogP) is 3.10. The van der Waals surface area contributed by atoms with E-state index in [1.807, 2.05) is 0 Å². The maximum Gasteiger partial charge on any atom is 0.228 e. The summed E-state index contributed by atoms with van der Waals surface area (Å²) in [7, 11) is 5.74. The van der Waals surface area contributed by atoms with Crippen molar-refractivity contribution in [2.24, 2.45) is 0 Å². The standard InChI is InChI=1S/C23H24O8/c1-28-16-8-14(9-17(12-16)29-2)22(26)20(24)6-5-7-21(25)23(27)15-10-18(30-3)13-19(11-15)31-4/h8-13H,5-7H2,1-4H3. The number of carbonyl (C=O) groups excluding carboxylic acids is 4. The number of hydrogen-bond donors (Lipinski definition) is 0. The summed E-state index contributed by atoms with van der Waals surface area (Å²) in [6.45, 7) is 0. The van der Waals surface area contributed by atoms with Crippen molar-refractivity contribution in [2.45, 2.75) is 19.3 Å². The molecule has 164 valence electrons. The highest BCUT2D eigenvalue weighted by molar-refractivity contribution is 6.45. The molecule has 0 unspecified atom stereocenters. The van der Waals surface area contributed by atoms with Crippen molar-refractivity contribution >= 4 is 23.1 Å². The van der Waals surface area contributed by atoms with E-state index in [-0.39, 0.29) is 30.4 Å². The molecule has 8 nitrogen and oxygen atoms in total. The number of benzene rings is 2. The zero-order chi connectivity index (χ0) is 23.0. The van der Waals surface area contributed by atoms with Crippen molar-refractivity contribution in [1.82, 2.24) is 0 Å². The third-order valence-electron chi connectivity index (χ3n) is 4.54. The lowest BCUT2D eigenvalue weighted by Gasteiger charge is -2.08. The molecule has 0 radical (unpaired) electrons. The Hall–Kier alpha value is -3.68. The summed E-state index contributed by atoms with van der Waals surface area (Å²) in [6, 6.07) is 8.92. The summed E-state index contributed by atoms with van der Waals surface area (Å²) >= 11 is 0. The molecular weight excluding hydrogens is 404 g/mol. The van der Waals surface area contributed by atoms with Crippen LogP contribution in [-0.2, 0) is 9.59 Å². The van der Waals surface area contributed by atoms with E-state index in [4.69, 9.17) is 18.9 Å². The topological polar surface area (TPSA) is 105 Å². The second-order valence-corrected chi connectivity index (χ2v) is 6.56. The fraction of sp³-hybridized carbons (Fsp3) is 0.304. The third kappa shape index (κ3) is 6.15. The zero-order valence-electron chi connectivity index (χ0n) is 17.9. The number of ether oxygens (including phenoxy) is 4. The monoisotopic (exact) mass is 428 g/mol. The fourth-order valence-electron chi connectivity index (χ4n) is 2.84. The Balaban J connectivity index is 1.98. The van der Waals surface area contributed by atoms with Crippen LogP contribution in [0.2, 0.25) is 0 Å². The maximum absolute atomic E-state index is 12.4. The Morgan fingerprint density at radius 1 is 0.548 bits per heavy atom. The second-order valence-electron chi connectivity index (χ2n) is 6.56. The molecule has 0 atom stereocenters. The molecule has 0 aliphatic rings. The molecule has 0 amide bonds. The Kier molecular flexibility index (Phi) is 8.31. The second kappa shape index (κ2) is 10.9. The lowest BCUT2D eigenvalue weighted by molar-refractivity contribution is -0.116. The van der Waals surface area contributed by atoms with Crippen molar-refractivity contribution in [3.63, 3.8) is 0 Å². The van der Waals surface area contributed by atoms with Crippen LogP contribution in [0.1, 0.15) is 40.0 Å². The van der Waals surface area contributed by atoms with Gasteiger partial charge in [0, 0.05) is 36.1 Å². The number of methoxy groups -OCH3 is 4. The van der Waals surface area contributed by atoms with Crippen LogP contribution < -0.4 is 18.9 Å². The lowest BCUT2D eigenvalue weighted by atomic mass is 9.99. The molecule has 2 aromatic rings. The number of ketones is 4. The largest absolute Gasteiger partial charge is 0.497 e. The van der Waals surface area contributed by atoms with Crippen LogP contribution in [0.4, 0.5) is 0 Å². The van der Waals surface area contributed by atoms with Crippen molar-refractivity contribution in [3.05, 3.63) is 47.5 Å². The van der Waals surface area contributed by atoms with E-state index < -0.39 is 23.1 Å². The van der Waals surface area contributed by atoms with Gasteiger partial charge < -0.3 is 18.9 Å². The van der Waals surface area contributed by atoms with Gasteiger partial charge in [0.05, 0.1) is 28.4 Å². The van der Waals surface area contributed by atoms with Gasteiger partial charge in [0.25, 0.3) is 0 Å². The van der Waals surface area contributed by atoms with Crippen LogP contribution in [0.15, 0.2) is 36.4 Å². The number of hydrogen-bond acceptors (Lipinski definition) is 8. The van der Waals surface area contributed by atoms with Gasteiger partial charge >= 0.3 is 0 Å². The Labute approximate surface area is 180 Å². The van der Waals surface area contributed by atoms with Gasteiger partial charge in [-0.3, -0.25) is 19.2 Å². The van der Waals surface area contributed by atoms with E-state index in [1.54, 1.807) is 12.1 Å². The normalized spacial score (nSPS) is 10.2. The molecule has 0 N–H and O–H groups in total. The van der Waals surface area contributed by atoms with Crippen molar-refractivity contribution < 1.29 is 38.1 Å². The molecule has 0 bridgehead atoms. The summed E-state index contributed by atoms with van der Waals surface area (Å²) in [5.74, 6) is -1.25. The highest BCUT2D eigenvalue weighted by Crippen LogP contribution is 2.24. The molecule has 2 rings (SSSR count). The first kappa shape index (κ1) is 23.6. The average molecular weight is 428 g/mol. The average Bonchev–Trinajstić information content (AvgIpc) is 2.81. The first-order valence-corrected chi connectivity index (χ1v) is 9.44. The molecule has 0 spiro atoms. The van der Waals surface area contributed by atoms with Gasteiger partial charge in [-0.2, -0.15) is 0 Å². The SMILES string of the molecule is COc1cc(OC)cc(C(=O)C(=O)CCCC(=O)C(=O)c2cc(OC)cc(OC)c2)c1. The highest BCUT2D eigenvalue weighted by Gasteiger charge is 2.21. The predicted molar refractivity (Wildman–Crippen MR) is 112 cm³/mol. The summed E-state index contributed by atoms with van der Waals surface area (Å²) < 4.78 is 20.4. The molecule has 2 aromatic carbocycles. The molecule has 0 saturated carbocycles. The number of Topliss-reactive ketones (excluding diaryl/α,β-unsaturated/α-hetero) is 4. The van der Waals surface area contributed by atoms with Gasteiger partial charge in [0.2, 0.25) is 23.1 Å². The Morgan fingerprint density at radius 3 is 1.10 bits per heavy atom. The Bertz CT molecular complexity index is 869. The van der Waals surface area contributed by atoms with Gasteiger partial charge in [-0.15, -0.1) is 0 Å². The lowest BCUT2D eigenvalue weighted by Crippen LogP contribution is -2.17. The van der Waals surface area contributed by atoms with E-state index in [0.717, 1.165) is 0 Å². The molecule has 0 fully saturated rings. The van der Waals surface area contributed by atoms with E-state index >= 15 is 0 Å². The van der Waals surface area contributed by atoms with E-state index in [0.29, 0.717) is 23.0 Å². The van der Waals surface area contributed by atoms with Crippen LogP contribution in [0, 0.1) is 0 Å². The quantitative estimate of drug-likeness (QED) is 0.375.